The lowest BCUT2D eigenvalue weighted by atomic mass is 10.0. The summed E-state index contributed by atoms with van der Waals surface area (Å²) >= 11 is 11.8. The molecule has 1 aromatic carbocycles. The average molecular weight is 259 g/mol. The Labute approximate surface area is 104 Å². The molecule has 0 bridgehead atoms. The highest BCUT2D eigenvalue weighted by Gasteiger charge is 2.17. The van der Waals surface area contributed by atoms with Crippen LogP contribution in [0.25, 0.3) is 0 Å². The van der Waals surface area contributed by atoms with Crippen LogP contribution in [0.1, 0.15) is 5.56 Å². The van der Waals surface area contributed by atoms with Crippen molar-refractivity contribution < 1.29 is 4.79 Å². The number of rotatable bonds is 2. The number of carbonyl (C=O) groups excluding carboxylic acids is 1. The number of benzene rings is 1. The van der Waals surface area contributed by atoms with Gasteiger partial charge < -0.3 is 10.6 Å². The Balaban J connectivity index is 2.05. The first-order valence-electron chi connectivity index (χ1n) is 5.08. The fourth-order valence-corrected chi connectivity index (χ4v) is 2.40. The molecule has 1 unspecified atom stereocenters. The predicted molar refractivity (Wildman–Crippen MR) is 65.0 cm³/mol. The highest BCUT2D eigenvalue weighted by molar-refractivity contribution is 6.34. The average Bonchev–Trinajstić information content (AvgIpc) is 2.15. The minimum Gasteiger partial charge on any atom is -0.351 e. The molecule has 1 amide bonds. The van der Waals surface area contributed by atoms with Crippen LogP contribution in [0.15, 0.2) is 18.2 Å². The lowest BCUT2D eigenvalue weighted by molar-refractivity contribution is -0.122. The van der Waals surface area contributed by atoms with Gasteiger partial charge in [-0.05, 0) is 30.2 Å². The van der Waals surface area contributed by atoms with Crippen LogP contribution in [-0.2, 0) is 11.2 Å². The van der Waals surface area contributed by atoms with Gasteiger partial charge >= 0.3 is 0 Å². The predicted octanol–water partition coefficient (Wildman–Crippen LogP) is 1.62. The van der Waals surface area contributed by atoms with Gasteiger partial charge in [-0.3, -0.25) is 4.79 Å². The Hall–Kier alpha value is -0.770. The second kappa shape index (κ2) is 5.04. The molecule has 0 aliphatic carbocycles. The van der Waals surface area contributed by atoms with Crippen LogP contribution in [0.5, 0.6) is 0 Å². The van der Waals surface area contributed by atoms with Crippen molar-refractivity contribution >= 4 is 29.1 Å². The third-order valence-corrected chi connectivity index (χ3v) is 2.88. The van der Waals surface area contributed by atoms with Crippen molar-refractivity contribution in [3.63, 3.8) is 0 Å². The first kappa shape index (κ1) is 11.7. The van der Waals surface area contributed by atoms with E-state index in [-0.39, 0.29) is 11.9 Å². The fourth-order valence-electron chi connectivity index (χ4n) is 1.83. The van der Waals surface area contributed by atoms with Gasteiger partial charge in [-0.25, -0.2) is 0 Å². The van der Waals surface area contributed by atoms with E-state index < -0.39 is 0 Å². The molecule has 0 radical (unpaired) electrons. The van der Waals surface area contributed by atoms with E-state index in [1.165, 1.54) is 0 Å². The molecule has 5 heteroatoms. The van der Waals surface area contributed by atoms with Crippen LogP contribution in [0, 0.1) is 0 Å². The standard InChI is InChI=1S/C11H12Cl2N2O/c12-8-1-7(2-9(13)4-8)3-10-5-14-6-11(16)15-10/h1-2,4,10,14H,3,5-6H2,(H,15,16). The molecule has 1 aliphatic rings. The summed E-state index contributed by atoms with van der Waals surface area (Å²) in [6.07, 6.45) is 0.735. The van der Waals surface area contributed by atoms with Gasteiger partial charge in [0.1, 0.15) is 0 Å². The van der Waals surface area contributed by atoms with Gasteiger partial charge in [0.25, 0.3) is 0 Å². The Bertz CT molecular complexity index is 389. The summed E-state index contributed by atoms with van der Waals surface area (Å²) in [6.45, 7) is 1.17. The molecule has 1 saturated heterocycles. The van der Waals surface area contributed by atoms with Gasteiger partial charge in [-0.1, -0.05) is 23.2 Å². The number of nitrogens with one attached hydrogen (secondary N) is 2. The second-order valence-electron chi connectivity index (χ2n) is 3.88. The molecule has 0 saturated carbocycles. The molecule has 2 N–H and O–H groups in total. The summed E-state index contributed by atoms with van der Waals surface area (Å²) in [5, 5.41) is 7.22. The molecule has 0 aromatic heterocycles. The monoisotopic (exact) mass is 258 g/mol. The van der Waals surface area contributed by atoms with Crippen molar-refractivity contribution in [1.29, 1.82) is 0 Å². The first-order chi connectivity index (χ1) is 7.63. The summed E-state index contributed by atoms with van der Waals surface area (Å²) in [5.74, 6) is 0.0318. The normalized spacial score (nSPS) is 20.6. The Morgan fingerprint density at radius 3 is 2.56 bits per heavy atom. The molecule has 3 nitrogen and oxygen atoms in total. The first-order valence-corrected chi connectivity index (χ1v) is 5.84. The molecule has 1 fully saturated rings. The number of carbonyl (C=O) groups is 1. The summed E-state index contributed by atoms with van der Waals surface area (Å²) in [4.78, 5) is 11.2. The quantitative estimate of drug-likeness (QED) is 0.847. The van der Waals surface area contributed by atoms with Crippen LogP contribution < -0.4 is 10.6 Å². The highest BCUT2D eigenvalue weighted by Crippen LogP contribution is 2.20. The molecular formula is C11H12Cl2N2O. The third kappa shape index (κ3) is 3.11. The van der Waals surface area contributed by atoms with E-state index in [9.17, 15) is 4.79 Å². The van der Waals surface area contributed by atoms with Gasteiger partial charge in [0.05, 0.1) is 6.54 Å². The van der Waals surface area contributed by atoms with E-state index in [0.717, 1.165) is 18.5 Å². The van der Waals surface area contributed by atoms with E-state index in [1.807, 2.05) is 12.1 Å². The van der Waals surface area contributed by atoms with Gasteiger partial charge in [0.2, 0.25) is 5.91 Å². The fraction of sp³-hybridized carbons (Fsp3) is 0.364. The van der Waals surface area contributed by atoms with E-state index in [2.05, 4.69) is 10.6 Å². The Morgan fingerprint density at radius 1 is 1.25 bits per heavy atom. The number of halogens is 2. The van der Waals surface area contributed by atoms with E-state index in [4.69, 9.17) is 23.2 Å². The molecule has 16 heavy (non-hydrogen) atoms. The lowest BCUT2D eigenvalue weighted by Crippen LogP contribution is -2.52. The Kier molecular flexibility index (Phi) is 3.69. The Morgan fingerprint density at radius 2 is 1.94 bits per heavy atom. The molecule has 2 rings (SSSR count). The summed E-state index contributed by atoms with van der Waals surface area (Å²) in [6, 6.07) is 5.54. The lowest BCUT2D eigenvalue weighted by Gasteiger charge is -2.24. The van der Waals surface area contributed by atoms with E-state index >= 15 is 0 Å². The van der Waals surface area contributed by atoms with Crippen LogP contribution in [0.4, 0.5) is 0 Å². The smallest absolute Gasteiger partial charge is 0.234 e. The molecule has 1 atom stereocenters. The zero-order valence-electron chi connectivity index (χ0n) is 8.59. The second-order valence-corrected chi connectivity index (χ2v) is 4.75. The molecule has 1 heterocycles. The number of amides is 1. The molecular weight excluding hydrogens is 247 g/mol. The van der Waals surface area contributed by atoms with Crippen molar-refractivity contribution in [2.45, 2.75) is 12.5 Å². The van der Waals surface area contributed by atoms with Gasteiger partial charge in [0, 0.05) is 22.6 Å². The zero-order valence-corrected chi connectivity index (χ0v) is 10.1. The number of hydrogen-bond acceptors (Lipinski definition) is 2. The maximum atomic E-state index is 11.2. The number of piperazine rings is 1. The molecule has 1 aliphatic heterocycles. The van der Waals surface area contributed by atoms with Crippen LogP contribution in [0.2, 0.25) is 10.0 Å². The topological polar surface area (TPSA) is 41.1 Å². The minimum absolute atomic E-state index is 0.0318. The minimum atomic E-state index is 0.0318. The summed E-state index contributed by atoms with van der Waals surface area (Å²) in [7, 11) is 0. The van der Waals surface area contributed by atoms with Crippen LogP contribution in [0.3, 0.4) is 0 Å². The van der Waals surface area contributed by atoms with Gasteiger partial charge in [0.15, 0.2) is 0 Å². The number of hydrogen-bond donors (Lipinski definition) is 2. The molecule has 1 aromatic rings. The van der Waals surface area contributed by atoms with Gasteiger partial charge in [-0.2, -0.15) is 0 Å². The molecule has 0 spiro atoms. The van der Waals surface area contributed by atoms with E-state index in [1.54, 1.807) is 6.07 Å². The van der Waals surface area contributed by atoms with Crippen molar-refractivity contribution in [3.8, 4) is 0 Å². The SMILES string of the molecule is O=C1CNCC(Cc2cc(Cl)cc(Cl)c2)N1. The van der Waals surface area contributed by atoms with Crippen molar-refractivity contribution in [2.24, 2.45) is 0 Å². The molecule has 86 valence electrons. The van der Waals surface area contributed by atoms with Gasteiger partial charge in [-0.15, -0.1) is 0 Å². The zero-order chi connectivity index (χ0) is 11.5. The van der Waals surface area contributed by atoms with Crippen molar-refractivity contribution in [3.05, 3.63) is 33.8 Å². The summed E-state index contributed by atoms with van der Waals surface area (Å²) in [5.41, 5.74) is 1.03. The highest BCUT2D eigenvalue weighted by atomic mass is 35.5. The van der Waals surface area contributed by atoms with Crippen molar-refractivity contribution in [1.82, 2.24) is 10.6 Å². The largest absolute Gasteiger partial charge is 0.351 e. The van der Waals surface area contributed by atoms with Crippen LogP contribution in [-0.4, -0.2) is 25.0 Å². The van der Waals surface area contributed by atoms with E-state index in [0.29, 0.717) is 16.6 Å². The maximum absolute atomic E-state index is 11.2. The van der Waals surface area contributed by atoms with Crippen LogP contribution >= 0.6 is 23.2 Å². The maximum Gasteiger partial charge on any atom is 0.234 e. The third-order valence-electron chi connectivity index (χ3n) is 2.45. The van der Waals surface area contributed by atoms with Crippen molar-refractivity contribution in [2.75, 3.05) is 13.1 Å². The summed E-state index contributed by atoms with van der Waals surface area (Å²) < 4.78 is 0.